The molecule has 3 aliphatic rings. The van der Waals surface area contributed by atoms with Gasteiger partial charge in [-0.15, -0.1) is 0 Å². The van der Waals surface area contributed by atoms with Gasteiger partial charge in [-0.2, -0.15) is 0 Å². The van der Waals surface area contributed by atoms with Crippen LogP contribution < -0.4 is 15.8 Å². The number of benzene rings is 1. The van der Waals surface area contributed by atoms with E-state index in [-0.39, 0.29) is 23.3 Å². The number of rotatable bonds is 4. The summed E-state index contributed by atoms with van der Waals surface area (Å²) in [6.07, 6.45) is 3.24. The number of hydrogen-bond donors (Lipinski definition) is 3. The van der Waals surface area contributed by atoms with Crippen LogP contribution in [-0.4, -0.2) is 34.3 Å². The Morgan fingerprint density at radius 1 is 1.42 bits per heavy atom. The number of aliphatic hydroxyl groups is 1. The van der Waals surface area contributed by atoms with E-state index in [2.05, 4.69) is 5.32 Å². The molecule has 3 aliphatic carbocycles. The minimum Gasteiger partial charge on any atom is -0.484 e. The molecule has 4 rings (SSSR count). The van der Waals surface area contributed by atoms with Crippen LogP contribution in [0.15, 0.2) is 18.2 Å². The maximum Gasteiger partial charge on any atom is 0.258 e. The largest absolute Gasteiger partial charge is 0.484 e. The third-order valence-corrected chi connectivity index (χ3v) is 5.83. The normalized spacial score (nSPS) is 34.9. The number of hydrogen-bond acceptors (Lipinski definition) is 4. The summed E-state index contributed by atoms with van der Waals surface area (Å²) in [5.74, 6) is -0.652. The molecule has 7 heteroatoms. The molecule has 132 valence electrons. The molecule has 0 heterocycles. The van der Waals surface area contributed by atoms with Crippen molar-refractivity contribution in [3.8, 4) is 5.75 Å². The zero-order chi connectivity index (χ0) is 17.6. The minimum absolute atomic E-state index is 0.00241. The molecular formula is C17H22ClFN2O3. The monoisotopic (exact) mass is 356 g/mol. The van der Waals surface area contributed by atoms with E-state index in [0.29, 0.717) is 19.3 Å². The standard InChI is InChI=1S/C17H22ClFN2O3/c1-15(23)10-16(4-6-17(15,20)7-5-16)21-14(22)9-24-11-2-3-12(18)13(19)8-11/h2-3,8,23H,4-7,9-10,20H2,1H3,(H,21,22)/t15-,16?,17?/m0/s1. The van der Waals surface area contributed by atoms with Gasteiger partial charge in [0.2, 0.25) is 0 Å². The van der Waals surface area contributed by atoms with E-state index in [1.165, 1.54) is 12.1 Å². The highest BCUT2D eigenvalue weighted by Crippen LogP contribution is 2.50. The number of fused-ring (bicyclic) bond motifs is 3. The molecule has 1 aromatic carbocycles. The van der Waals surface area contributed by atoms with Gasteiger partial charge < -0.3 is 20.9 Å². The molecule has 3 saturated carbocycles. The number of nitrogens with two attached hydrogens (primary N) is 1. The van der Waals surface area contributed by atoms with Gasteiger partial charge in [-0.3, -0.25) is 4.79 Å². The van der Waals surface area contributed by atoms with Crippen LogP contribution in [0.3, 0.4) is 0 Å². The number of nitrogens with one attached hydrogen (secondary N) is 1. The van der Waals surface area contributed by atoms with E-state index in [4.69, 9.17) is 22.1 Å². The average molecular weight is 357 g/mol. The molecule has 1 amide bonds. The lowest BCUT2D eigenvalue weighted by atomic mass is 9.55. The van der Waals surface area contributed by atoms with Gasteiger partial charge >= 0.3 is 0 Å². The summed E-state index contributed by atoms with van der Waals surface area (Å²) in [6, 6.07) is 4.03. The molecule has 1 atom stereocenters. The van der Waals surface area contributed by atoms with Crippen molar-refractivity contribution in [2.24, 2.45) is 5.73 Å². The predicted octanol–water partition coefficient (Wildman–Crippen LogP) is 2.14. The summed E-state index contributed by atoms with van der Waals surface area (Å²) in [6.45, 7) is 1.51. The van der Waals surface area contributed by atoms with Crippen LogP contribution in [0.25, 0.3) is 0 Å². The fraction of sp³-hybridized carbons (Fsp3) is 0.588. The Morgan fingerprint density at radius 2 is 2.08 bits per heavy atom. The highest BCUT2D eigenvalue weighted by atomic mass is 35.5. The first-order valence-electron chi connectivity index (χ1n) is 8.05. The fourth-order valence-corrected chi connectivity index (χ4v) is 4.06. The van der Waals surface area contributed by atoms with Gasteiger partial charge in [-0.25, -0.2) is 4.39 Å². The van der Waals surface area contributed by atoms with Gasteiger partial charge in [-0.05, 0) is 44.7 Å². The van der Waals surface area contributed by atoms with Crippen molar-refractivity contribution in [2.75, 3.05) is 6.61 Å². The molecule has 0 spiro atoms. The van der Waals surface area contributed by atoms with Crippen LogP contribution in [0.2, 0.25) is 5.02 Å². The zero-order valence-electron chi connectivity index (χ0n) is 13.6. The second kappa shape index (κ2) is 5.86. The summed E-state index contributed by atoms with van der Waals surface area (Å²) in [7, 11) is 0. The Hall–Kier alpha value is -1.37. The summed E-state index contributed by atoms with van der Waals surface area (Å²) in [4.78, 5) is 12.2. The molecule has 0 aromatic heterocycles. The predicted molar refractivity (Wildman–Crippen MR) is 88.4 cm³/mol. The molecule has 0 radical (unpaired) electrons. The molecular weight excluding hydrogens is 335 g/mol. The fourth-order valence-electron chi connectivity index (χ4n) is 3.94. The van der Waals surface area contributed by atoms with E-state index in [1.807, 2.05) is 0 Å². The summed E-state index contributed by atoms with van der Waals surface area (Å²) >= 11 is 5.61. The number of carbonyl (C=O) groups is 1. The lowest BCUT2D eigenvalue weighted by Crippen LogP contribution is -2.73. The Kier molecular flexibility index (Phi) is 4.26. The van der Waals surface area contributed by atoms with Crippen LogP contribution in [-0.2, 0) is 4.79 Å². The first-order valence-corrected chi connectivity index (χ1v) is 8.43. The van der Waals surface area contributed by atoms with Gasteiger partial charge in [0.05, 0.1) is 10.6 Å². The van der Waals surface area contributed by atoms with Crippen molar-refractivity contribution in [1.82, 2.24) is 5.32 Å². The molecule has 2 bridgehead atoms. The van der Waals surface area contributed by atoms with Crippen molar-refractivity contribution >= 4 is 17.5 Å². The van der Waals surface area contributed by atoms with Gasteiger partial charge in [0.15, 0.2) is 6.61 Å². The smallest absolute Gasteiger partial charge is 0.258 e. The first kappa shape index (κ1) is 17.5. The van der Waals surface area contributed by atoms with Crippen LogP contribution in [0.5, 0.6) is 5.75 Å². The maximum absolute atomic E-state index is 13.4. The van der Waals surface area contributed by atoms with Crippen molar-refractivity contribution < 1.29 is 19.0 Å². The van der Waals surface area contributed by atoms with Gasteiger partial charge in [0.25, 0.3) is 5.91 Å². The SMILES string of the molecule is C[C@]1(O)CC2(NC(=O)COc3ccc(Cl)c(F)c3)CCC1(N)CC2. The van der Waals surface area contributed by atoms with E-state index in [0.717, 1.165) is 18.9 Å². The van der Waals surface area contributed by atoms with Crippen LogP contribution in [0.4, 0.5) is 4.39 Å². The Bertz CT molecular complexity index is 657. The van der Waals surface area contributed by atoms with Gasteiger partial charge in [-0.1, -0.05) is 11.6 Å². The number of ether oxygens (including phenoxy) is 1. The quantitative estimate of drug-likeness (QED) is 0.771. The second-order valence-electron chi connectivity index (χ2n) is 7.30. The molecule has 1 aromatic rings. The summed E-state index contributed by atoms with van der Waals surface area (Å²) in [5, 5.41) is 13.6. The number of halogens is 2. The first-order chi connectivity index (χ1) is 11.1. The molecule has 24 heavy (non-hydrogen) atoms. The van der Waals surface area contributed by atoms with E-state index < -0.39 is 22.5 Å². The van der Waals surface area contributed by atoms with Crippen molar-refractivity contribution in [3.05, 3.63) is 29.0 Å². The zero-order valence-corrected chi connectivity index (χ0v) is 14.3. The Balaban J connectivity index is 1.60. The lowest BCUT2D eigenvalue weighted by Gasteiger charge is -2.59. The van der Waals surface area contributed by atoms with Crippen molar-refractivity contribution in [2.45, 2.75) is 55.7 Å². The summed E-state index contributed by atoms with van der Waals surface area (Å²) in [5.41, 5.74) is 4.27. The second-order valence-corrected chi connectivity index (χ2v) is 7.71. The summed E-state index contributed by atoms with van der Waals surface area (Å²) < 4.78 is 18.7. The van der Waals surface area contributed by atoms with Crippen LogP contribution >= 0.6 is 11.6 Å². The van der Waals surface area contributed by atoms with Gasteiger partial charge in [0.1, 0.15) is 11.6 Å². The molecule has 5 nitrogen and oxygen atoms in total. The van der Waals surface area contributed by atoms with Crippen molar-refractivity contribution in [1.29, 1.82) is 0 Å². The topological polar surface area (TPSA) is 84.6 Å². The average Bonchev–Trinajstić information content (AvgIpc) is 2.50. The lowest BCUT2D eigenvalue weighted by molar-refractivity contribution is -0.138. The maximum atomic E-state index is 13.4. The third-order valence-electron chi connectivity index (χ3n) is 5.52. The number of amides is 1. The Labute approximate surface area is 145 Å². The minimum atomic E-state index is -1.00. The van der Waals surface area contributed by atoms with Crippen LogP contribution in [0, 0.1) is 5.82 Å². The third kappa shape index (κ3) is 3.10. The highest BCUT2D eigenvalue weighted by Gasteiger charge is 2.58. The molecule has 4 N–H and O–H groups in total. The molecule has 0 saturated heterocycles. The Morgan fingerprint density at radius 3 is 2.67 bits per heavy atom. The van der Waals surface area contributed by atoms with E-state index in [9.17, 15) is 14.3 Å². The number of carbonyl (C=O) groups excluding carboxylic acids is 1. The van der Waals surface area contributed by atoms with E-state index >= 15 is 0 Å². The molecule has 0 aliphatic heterocycles. The highest BCUT2D eigenvalue weighted by molar-refractivity contribution is 6.30. The van der Waals surface area contributed by atoms with E-state index in [1.54, 1.807) is 6.92 Å². The van der Waals surface area contributed by atoms with Crippen LogP contribution in [0.1, 0.15) is 39.0 Å². The van der Waals surface area contributed by atoms with Gasteiger partial charge in [0, 0.05) is 23.6 Å². The molecule has 3 fully saturated rings. The van der Waals surface area contributed by atoms with Crippen molar-refractivity contribution in [3.63, 3.8) is 0 Å². The molecule has 0 unspecified atom stereocenters.